The van der Waals surface area contributed by atoms with Crippen LogP contribution in [0, 0.1) is 11.8 Å². The Bertz CT molecular complexity index is 653. The van der Waals surface area contributed by atoms with Crippen LogP contribution in [0.1, 0.15) is 46.0 Å². The molecule has 0 bridgehead atoms. The molecule has 0 radical (unpaired) electrons. The second-order valence-electron chi connectivity index (χ2n) is 7.41. The van der Waals surface area contributed by atoms with Crippen molar-refractivity contribution in [2.75, 3.05) is 18.5 Å². The molecule has 6 nitrogen and oxygen atoms in total. The summed E-state index contributed by atoms with van der Waals surface area (Å²) >= 11 is 0. The van der Waals surface area contributed by atoms with Crippen LogP contribution in [-0.4, -0.2) is 31.1 Å². The number of hydrogen-bond donors (Lipinski definition) is 2. The molecule has 2 aliphatic rings. The van der Waals surface area contributed by atoms with Crippen molar-refractivity contribution in [3.05, 3.63) is 18.2 Å². The Labute approximate surface area is 154 Å². The zero-order valence-corrected chi connectivity index (χ0v) is 15.5. The van der Waals surface area contributed by atoms with Gasteiger partial charge in [0.15, 0.2) is 11.5 Å². The van der Waals surface area contributed by atoms with Crippen LogP contribution >= 0.6 is 0 Å². The Kier molecular flexibility index (Phi) is 6.01. The molecule has 6 heteroatoms. The Morgan fingerprint density at radius 3 is 2.42 bits per heavy atom. The van der Waals surface area contributed by atoms with Gasteiger partial charge in [0, 0.05) is 17.7 Å². The highest BCUT2D eigenvalue weighted by Gasteiger charge is 2.28. The van der Waals surface area contributed by atoms with Crippen molar-refractivity contribution in [1.29, 1.82) is 0 Å². The molecule has 0 unspecified atom stereocenters. The SMILES string of the molecule is CC(C)[C@@H](NC(=O)C1CCCCC1)C(=O)Nc1ccc2c(c1)OCCO2. The van der Waals surface area contributed by atoms with E-state index in [4.69, 9.17) is 9.47 Å². The van der Waals surface area contributed by atoms with Gasteiger partial charge < -0.3 is 20.1 Å². The number of benzene rings is 1. The van der Waals surface area contributed by atoms with E-state index < -0.39 is 6.04 Å². The third kappa shape index (κ3) is 4.48. The number of carbonyl (C=O) groups excluding carboxylic acids is 2. The van der Waals surface area contributed by atoms with Crippen LogP contribution in [-0.2, 0) is 9.59 Å². The van der Waals surface area contributed by atoms with Crippen molar-refractivity contribution < 1.29 is 19.1 Å². The largest absolute Gasteiger partial charge is 0.486 e. The van der Waals surface area contributed by atoms with Crippen LogP contribution in [0.3, 0.4) is 0 Å². The van der Waals surface area contributed by atoms with Crippen LogP contribution in [0.2, 0.25) is 0 Å². The molecule has 0 saturated heterocycles. The lowest BCUT2D eigenvalue weighted by molar-refractivity contribution is -0.130. The van der Waals surface area contributed by atoms with Gasteiger partial charge in [-0.3, -0.25) is 9.59 Å². The number of amides is 2. The number of hydrogen-bond acceptors (Lipinski definition) is 4. The predicted molar refractivity (Wildman–Crippen MR) is 99.4 cm³/mol. The number of nitrogens with one attached hydrogen (secondary N) is 2. The molecular formula is C20H28N2O4. The van der Waals surface area contributed by atoms with E-state index in [0.717, 1.165) is 25.7 Å². The molecule has 2 N–H and O–H groups in total. The van der Waals surface area contributed by atoms with Crippen LogP contribution in [0.5, 0.6) is 11.5 Å². The monoisotopic (exact) mass is 360 g/mol. The predicted octanol–water partition coefficient (Wildman–Crippen LogP) is 3.12. The molecule has 3 rings (SSSR count). The number of ether oxygens (including phenoxy) is 2. The minimum Gasteiger partial charge on any atom is -0.486 e. The molecule has 0 spiro atoms. The molecule has 0 aromatic heterocycles. The van der Waals surface area contributed by atoms with E-state index in [2.05, 4.69) is 10.6 Å². The lowest BCUT2D eigenvalue weighted by Gasteiger charge is -2.26. The zero-order valence-electron chi connectivity index (χ0n) is 15.5. The number of rotatable bonds is 5. The number of fused-ring (bicyclic) bond motifs is 1. The van der Waals surface area contributed by atoms with Gasteiger partial charge in [0.2, 0.25) is 11.8 Å². The zero-order chi connectivity index (χ0) is 18.5. The second kappa shape index (κ2) is 8.43. The maximum absolute atomic E-state index is 12.7. The van der Waals surface area contributed by atoms with Crippen molar-refractivity contribution in [2.24, 2.45) is 11.8 Å². The average molecular weight is 360 g/mol. The molecule has 1 aromatic carbocycles. The van der Waals surface area contributed by atoms with Crippen LogP contribution < -0.4 is 20.1 Å². The first-order valence-corrected chi connectivity index (χ1v) is 9.55. The Hall–Kier alpha value is -2.24. The van der Waals surface area contributed by atoms with Crippen molar-refractivity contribution in [3.63, 3.8) is 0 Å². The van der Waals surface area contributed by atoms with E-state index >= 15 is 0 Å². The number of anilines is 1. The molecule has 142 valence electrons. The third-order valence-electron chi connectivity index (χ3n) is 5.03. The fourth-order valence-corrected chi connectivity index (χ4v) is 3.51. The van der Waals surface area contributed by atoms with Crippen molar-refractivity contribution in [3.8, 4) is 11.5 Å². The normalized spacial score (nSPS) is 18.3. The third-order valence-corrected chi connectivity index (χ3v) is 5.03. The first kappa shape index (κ1) is 18.5. The summed E-state index contributed by atoms with van der Waals surface area (Å²) in [5.41, 5.74) is 0.636. The maximum atomic E-state index is 12.7. The van der Waals surface area contributed by atoms with E-state index in [0.29, 0.717) is 30.4 Å². The molecule has 2 amide bonds. The Balaban J connectivity index is 1.64. The summed E-state index contributed by atoms with van der Waals surface area (Å²) in [6.45, 7) is 4.90. The second-order valence-corrected chi connectivity index (χ2v) is 7.41. The van der Waals surface area contributed by atoms with Gasteiger partial charge in [-0.05, 0) is 30.9 Å². The Morgan fingerprint density at radius 2 is 1.73 bits per heavy atom. The minimum absolute atomic E-state index is 0.000230. The molecular weight excluding hydrogens is 332 g/mol. The van der Waals surface area contributed by atoms with E-state index in [1.54, 1.807) is 18.2 Å². The quantitative estimate of drug-likeness (QED) is 0.846. The molecule has 1 aliphatic heterocycles. The summed E-state index contributed by atoms with van der Waals surface area (Å²) in [4.78, 5) is 25.3. The number of carbonyl (C=O) groups is 2. The van der Waals surface area contributed by atoms with Gasteiger partial charge in [-0.2, -0.15) is 0 Å². The highest BCUT2D eigenvalue weighted by atomic mass is 16.6. The van der Waals surface area contributed by atoms with E-state index in [1.165, 1.54) is 6.42 Å². The highest BCUT2D eigenvalue weighted by Crippen LogP contribution is 2.32. The molecule has 1 aliphatic carbocycles. The van der Waals surface area contributed by atoms with E-state index in [1.807, 2.05) is 13.8 Å². The van der Waals surface area contributed by atoms with Crippen molar-refractivity contribution >= 4 is 17.5 Å². The maximum Gasteiger partial charge on any atom is 0.247 e. The van der Waals surface area contributed by atoms with Crippen LogP contribution in [0.25, 0.3) is 0 Å². The van der Waals surface area contributed by atoms with Crippen molar-refractivity contribution in [2.45, 2.75) is 52.0 Å². The van der Waals surface area contributed by atoms with Crippen molar-refractivity contribution in [1.82, 2.24) is 5.32 Å². The first-order chi connectivity index (χ1) is 12.5. The fourth-order valence-electron chi connectivity index (χ4n) is 3.51. The highest BCUT2D eigenvalue weighted by molar-refractivity contribution is 5.97. The summed E-state index contributed by atoms with van der Waals surface area (Å²) in [7, 11) is 0. The van der Waals surface area contributed by atoms with E-state index in [9.17, 15) is 9.59 Å². The van der Waals surface area contributed by atoms with Gasteiger partial charge in [-0.1, -0.05) is 33.1 Å². The summed E-state index contributed by atoms with van der Waals surface area (Å²) in [5.74, 6) is 1.13. The lowest BCUT2D eigenvalue weighted by Crippen LogP contribution is -2.49. The molecule has 1 heterocycles. The van der Waals surface area contributed by atoms with Gasteiger partial charge in [0.05, 0.1) is 0 Å². The molecule has 1 aromatic rings. The fraction of sp³-hybridized carbons (Fsp3) is 0.600. The topological polar surface area (TPSA) is 76.7 Å². The van der Waals surface area contributed by atoms with Gasteiger partial charge in [0.25, 0.3) is 0 Å². The van der Waals surface area contributed by atoms with Crippen LogP contribution in [0.4, 0.5) is 5.69 Å². The van der Waals surface area contributed by atoms with Gasteiger partial charge >= 0.3 is 0 Å². The van der Waals surface area contributed by atoms with Crippen LogP contribution in [0.15, 0.2) is 18.2 Å². The molecule has 1 atom stereocenters. The smallest absolute Gasteiger partial charge is 0.247 e. The summed E-state index contributed by atoms with van der Waals surface area (Å²) in [5, 5.41) is 5.85. The summed E-state index contributed by atoms with van der Waals surface area (Å²) in [6.07, 6.45) is 5.21. The van der Waals surface area contributed by atoms with Gasteiger partial charge in [-0.15, -0.1) is 0 Å². The Morgan fingerprint density at radius 1 is 1.04 bits per heavy atom. The summed E-state index contributed by atoms with van der Waals surface area (Å²) in [6, 6.07) is 4.77. The molecule has 26 heavy (non-hydrogen) atoms. The van der Waals surface area contributed by atoms with Gasteiger partial charge in [0.1, 0.15) is 19.3 Å². The van der Waals surface area contributed by atoms with Gasteiger partial charge in [-0.25, -0.2) is 0 Å². The first-order valence-electron chi connectivity index (χ1n) is 9.55. The molecule has 1 fully saturated rings. The van der Waals surface area contributed by atoms with E-state index in [-0.39, 0.29) is 23.7 Å². The average Bonchev–Trinajstić information content (AvgIpc) is 2.66. The lowest BCUT2D eigenvalue weighted by atomic mass is 9.88. The molecule has 1 saturated carbocycles. The minimum atomic E-state index is -0.558. The standard InChI is InChI=1S/C20H28N2O4/c1-13(2)18(22-19(23)14-6-4-3-5-7-14)20(24)21-15-8-9-16-17(12-15)26-11-10-25-16/h8-9,12-14,18H,3-7,10-11H2,1-2H3,(H,21,24)(H,22,23)/t18-/m1/s1. The summed E-state index contributed by atoms with van der Waals surface area (Å²) < 4.78 is 11.0.